The zero-order valence-corrected chi connectivity index (χ0v) is 11.3. The highest BCUT2D eigenvalue weighted by molar-refractivity contribution is 5.09. The number of hydrogen-bond donors (Lipinski definition) is 1. The van der Waals surface area contributed by atoms with E-state index in [1.807, 2.05) is 0 Å². The van der Waals surface area contributed by atoms with Gasteiger partial charge >= 0.3 is 0 Å². The van der Waals surface area contributed by atoms with Crippen LogP contribution in [0.15, 0.2) is 18.3 Å². The molecule has 0 bridgehead atoms. The first-order chi connectivity index (χ1) is 7.92. The third-order valence-corrected chi connectivity index (χ3v) is 2.78. The Balaban J connectivity index is 2.51. The van der Waals surface area contributed by atoms with Crippen LogP contribution in [0.2, 0.25) is 0 Å². The van der Waals surface area contributed by atoms with Crippen molar-refractivity contribution in [3.05, 3.63) is 29.8 Å². The first kappa shape index (κ1) is 14.1. The Labute approximate surface area is 104 Å². The van der Waals surface area contributed by atoms with Crippen molar-refractivity contribution in [2.24, 2.45) is 5.41 Å². The number of aromatic nitrogens is 1. The van der Waals surface area contributed by atoms with Gasteiger partial charge in [0.1, 0.15) is 5.82 Å². The lowest BCUT2D eigenvalue weighted by molar-refractivity contribution is 0.351. The highest BCUT2D eigenvalue weighted by Crippen LogP contribution is 2.19. The Morgan fingerprint density at radius 2 is 2.06 bits per heavy atom. The molecule has 0 saturated carbocycles. The van der Waals surface area contributed by atoms with Gasteiger partial charge in [-0.15, -0.1) is 0 Å². The molecule has 1 aromatic heterocycles. The van der Waals surface area contributed by atoms with E-state index >= 15 is 0 Å². The Bertz CT molecular complexity index is 327. The van der Waals surface area contributed by atoms with Gasteiger partial charge in [0.05, 0.1) is 11.9 Å². The fourth-order valence-electron chi connectivity index (χ4n) is 1.67. The highest BCUT2D eigenvalue weighted by Gasteiger charge is 2.13. The summed E-state index contributed by atoms with van der Waals surface area (Å²) in [4.78, 5) is 4.13. The average molecular weight is 238 g/mol. The zero-order chi connectivity index (χ0) is 12.9. The van der Waals surface area contributed by atoms with Crippen LogP contribution in [0.1, 0.15) is 52.3 Å². The van der Waals surface area contributed by atoms with E-state index in [2.05, 4.69) is 38.0 Å². The third-order valence-electron chi connectivity index (χ3n) is 2.78. The van der Waals surface area contributed by atoms with Crippen molar-refractivity contribution in [1.29, 1.82) is 0 Å². The molecule has 2 nitrogen and oxygen atoms in total. The molecule has 0 aliphatic carbocycles. The summed E-state index contributed by atoms with van der Waals surface area (Å²) in [6, 6.07) is 3.45. The van der Waals surface area contributed by atoms with Gasteiger partial charge in [-0.2, -0.15) is 0 Å². The second kappa shape index (κ2) is 6.10. The molecule has 0 radical (unpaired) electrons. The molecule has 1 atom stereocenters. The smallest absolute Gasteiger partial charge is 0.141 e. The van der Waals surface area contributed by atoms with Crippen LogP contribution in [0.3, 0.4) is 0 Å². The second-order valence-corrected chi connectivity index (χ2v) is 5.63. The molecule has 0 aliphatic rings. The minimum Gasteiger partial charge on any atom is -0.309 e. The number of halogens is 1. The molecule has 0 saturated heterocycles. The number of nitrogens with one attached hydrogen (secondary N) is 1. The van der Waals surface area contributed by atoms with Gasteiger partial charge in [0.2, 0.25) is 0 Å². The maximum atomic E-state index is 12.8. The van der Waals surface area contributed by atoms with E-state index in [1.165, 1.54) is 12.3 Å². The lowest BCUT2D eigenvalue weighted by atomic mass is 9.92. The van der Waals surface area contributed by atoms with Crippen molar-refractivity contribution in [3.8, 4) is 0 Å². The average Bonchev–Trinajstić information content (AvgIpc) is 2.24. The predicted octanol–water partition coefficient (Wildman–Crippen LogP) is 3.70. The summed E-state index contributed by atoms with van der Waals surface area (Å²) in [5.74, 6) is -0.279. The fourth-order valence-corrected chi connectivity index (χ4v) is 1.67. The summed E-state index contributed by atoms with van der Waals surface area (Å²) in [6.07, 6.45) is 3.36. The van der Waals surface area contributed by atoms with E-state index in [0.717, 1.165) is 25.1 Å². The summed E-state index contributed by atoms with van der Waals surface area (Å²) in [5, 5.41) is 3.48. The molecular weight excluding hydrogens is 215 g/mol. The number of rotatable bonds is 5. The summed E-state index contributed by atoms with van der Waals surface area (Å²) >= 11 is 0. The molecule has 0 spiro atoms. The van der Waals surface area contributed by atoms with Gasteiger partial charge in [0.25, 0.3) is 0 Å². The maximum absolute atomic E-state index is 12.8. The summed E-state index contributed by atoms with van der Waals surface area (Å²) in [6.45, 7) is 9.75. The van der Waals surface area contributed by atoms with Crippen molar-refractivity contribution >= 4 is 0 Å². The number of pyridine rings is 1. The Morgan fingerprint density at radius 3 is 2.53 bits per heavy atom. The molecule has 3 heteroatoms. The Kier molecular flexibility index (Phi) is 5.06. The van der Waals surface area contributed by atoms with Crippen LogP contribution in [-0.4, -0.2) is 11.5 Å². The first-order valence-corrected chi connectivity index (χ1v) is 6.27. The minimum absolute atomic E-state index is 0.220. The number of nitrogens with zero attached hydrogens (tertiary/aromatic N) is 1. The van der Waals surface area contributed by atoms with Crippen LogP contribution in [0.25, 0.3) is 0 Å². The first-order valence-electron chi connectivity index (χ1n) is 6.27. The molecule has 1 rings (SSSR count). The minimum atomic E-state index is -0.279. The van der Waals surface area contributed by atoms with Crippen molar-refractivity contribution in [1.82, 2.24) is 10.3 Å². The molecule has 1 aromatic rings. The predicted molar refractivity (Wildman–Crippen MR) is 69.3 cm³/mol. The molecule has 96 valence electrons. The zero-order valence-electron chi connectivity index (χ0n) is 11.3. The van der Waals surface area contributed by atoms with Crippen LogP contribution < -0.4 is 5.32 Å². The molecule has 1 unspecified atom stereocenters. The van der Waals surface area contributed by atoms with E-state index in [4.69, 9.17) is 0 Å². The quantitative estimate of drug-likeness (QED) is 0.846. The van der Waals surface area contributed by atoms with Gasteiger partial charge in [0.15, 0.2) is 0 Å². The van der Waals surface area contributed by atoms with Crippen molar-refractivity contribution in [2.45, 2.75) is 46.6 Å². The van der Waals surface area contributed by atoms with E-state index in [0.29, 0.717) is 5.41 Å². The van der Waals surface area contributed by atoms with Crippen LogP contribution in [0, 0.1) is 11.2 Å². The summed E-state index contributed by atoms with van der Waals surface area (Å²) in [5.41, 5.74) is 1.25. The second-order valence-electron chi connectivity index (χ2n) is 5.63. The van der Waals surface area contributed by atoms with Crippen molar-refractivity contribution in [3.63, 3.8) is 0 Å². The van der Waals surface area contributed by atoms with Crippen LogP contribution in [-0.2, 0) is 0 Å². The van der Waals surface area contributed by atoms with Crippen LogP contribution in [0.4, 0.5) is 4.39 Å². The lowest BCUT2D eigenvalue weighted by Crippen LogP contribution is -2.25. The van der Waals surface area contributed by atoms with Gasteiger partial charge in [-0.25, -0.2) is 4.39 Å². The Hall–Kier alpha value is -0.960. The van der Waals surface area contributed by atoms with Crippen molar-refractivity contribution < 1.29 is 4.39 Å². The van der Waals surface area contributed by atoms with Crippen LogP contribution >= 0.6 is 0 Å². The fraction of sp³-hybridized carbons (Fsp3) is 0.643. The van der Waals surface area contributed by atoms with Gasteiger partial charge in [-0.05, 0) is 36.9 Å². The van der Waals surface area contributed by atoms with Gasteiger partial charge in [0, 0.05) is 6.04 Å². The van der Waals surface area contributed by atoms with E-state index < -0.39 is 0 Å². The third kappa shape index (κ3) is 5.26. The summed E-state index contributed by atoms with van der Waals surface area (Å²) in [7, 11) is 0. The molecule has 0 aromatic carbocycles. The maximum Gasteiger partial charge on any atom is 0.141 e. The van der Waals surface area contributed by atoms with Crippen molar-refractivity contribution in [2.75, 3.05) is 6.54 Å². The van der Waals surface area contributed by atoms with Gasteiger partial charge in [-0.1, -0.05) is 27.7 Å². The molecule has 1 N–H and O–H groups in total. The SMILES string of the molecule is CCC(NCCC(C)(C)C)c1ccc(F)cn1. The number of hydrogen-bond acceptors (Lipinski definition) is 2. The van der Waals surface area contributed by atoms with Gasteiger partial charge < -0.3 is 5.32 Å². The molecule has 0 aliphatic heterocycles. The Morgan fingerprint density at radius 1 is 1.35 bits per heavy atom. The molecule has 1 heterocycles. The van der Waals surface area contributed by atoms with E-state index in [9.17, 15) is 4.39 Å². The molecule has 0 fully saturated rings. The molecule has 0 amide bonds. The largest absolute Gasteiger partial charge is 0.309 e. The van der Waals surface area contributed by atoms with E-state index in [-0.39, 0.29) is 11.9 Å². The molecular formula is C14H23FN2. The highest BCUT2D eigenvalue weighted by atomic mass is 19.1. The van der Waals surface area contributed by atoms with Gasteiger partial charge in [-0.3, -0.25) is 4.98 Å². The lowest BCUT2D eigenvalue weighted by Gasteiger charge is -2.21. The summed E-state index contributed by atoms with van der Waals surface area (Å²) < 4.78 is 12.8. The van der Waals surface area contributed by atoms with Crippen LogP contribution in [0.5, 0.6) is 0 Å². The normalized spacial score (nSPS) is 13.7. The van der Waals surface area contributed by atoms with E-state index in [1.54, 1.807) is 6.07 Å². The topological polar surface area (TPSA) is 24.9 Å². The monoisotopic (exact) mass is 238 g/mol. The molecule has 17 heavy (non-hydrogen) atoms. The standard InChI is InChI=1S/C14H23FN2/c1-5-12(16-9-8-14(2,3)4)13-7-6-11(15)10-17-13/h6-7,10,12,16H,5,8-9H2,1-4H3.